The van der Waals surface area contributed by atoms with Gasteiger partial charge in [0.25, 0.3) is 0 Å². The Bertz CT molecular complexity index is 395. The Morgan fingerprint density at radius 3 is 3.06 bits per heavy atom. The second-order valence-corrected chi connectivity index (χ2v) is 5.01. The maximum absolute atomic E-state index is 5.33. The Kier molecular flexibility index (Phi) is 3.76. The van der Waals surface area contributed by atoms with Gasteiger partial charge in [0.1, 0.15) is 5.82 Å². The third-order valence-electron chi connectivity index (χ3n) is 3.22. The van der Waals surface area contributed by atoms with Crippen molar-refractivity contribution >= 4 is 12.2 Å². The number of likely N-dealkylation sites (N-methyl/N-ethyl adjacent to an activating group) is 1. The molecule has 1 N–H and O–H groups in total. The molecule has 1 aliphatic heterocycles. The van der Waals surface area contributed by atoms with Gasteiger partial charge < -0.3 is 4.90 Å². The van der Waals surface area contributed by atoms with Gasteiger partial charge in [-0.1, -0.05) is 6.92 Å². The molecular weight excluding hydrogens is 220 g/mol. The van der Waals surface area contributed by atoms with Crippen LogP contribution in [0.2, 0.25) is 0 Å². The third kappa shape index (κ3) is 2.35. The average molecular weight is 240 g/mol. The molecule has 0 aliphatic carbocycles. The fourth-order valence-corrected chi connectivity index (χ4v) is 2.76. The summed E-state index contributed by atoms with van der Waals surface area (Å²) in [6.45, 7) is 4.46. The van der Waals surface area contributed by atoms with Crippen LogP contribution < -0.4 is 0 Å². The van der Waals surface area contributed by atoms with Gasteiger partial charge in [-0.2, -0.15) is 5.10 Å². The Hall–Kier alpha value is -0.680. The first-order valence-electron chi connectivity index (χ1n) is 6.06. The van der Waals surface area contributed by atoms with Crippen LogP contribution in [0.25, 0.3) is 0 Å². The number of nitrogens with one attached hydrogen (secondary N) is 1. The molecule has 0 amide bonds. The molecule has 1 atom stereocenters. The first-order valence-corrected chi connectivity index (χ1v) is 6.47. The summed E-state index contributed by atoms with van der Waals surface area (Å²) in [5, 5.41) is 7.26. The van der Waals surface area contributed by atoms with E-state index in [0.29, 0.717) is 6.04 Å². The Labute approximate surface area is 102 Å². The molecule has 1 saturated heterocycles. The molecule has 1 aromatic rings. The summed E-state index contributed by atoms with van der Waals surface area (Å²) in [5.74, 6) is 1.12. The summed E-state index contributed by atoms with van der Waals surface area (Å²) in [5.41, 5.74) is 0. The quantitative estimate of drug-likeness (QED) is 0.823. The highest BCUT2D eigenvalue weighted by atomic mass is 32.1. The summed E-state index contributed by atoms with van der Waals surface area (Å²) in [6, 6.07) is 0.506. The number of aromatic amines is 1. The topological polar surface area (TPSA) is 36.9 Å². The molecule has 0 radical (unpaired) electrons. The van der Waals surface area contributed by atoms with Gasteiger partial charge in [-0.05, 0) is 45.1 Å². The Morgan fingerprint density at radius 1 is 1.56 bits per heavy atom. The van der Waals surface area contributed by atoms with Crippen LogP contribution in [-0.2, 0) is 6.42 Å². The predicted octanol–water partition coefficient (Wildman–Crippen LogP) is 2.16. The van der Waals surface area contributed by atoms with Gasteiger partial charge in [-0.25, -0.2) is 0 Å². The van der Waals surface area contributed by atoms with Crippen LogP contribution in [-0.4, -0.2) is 39.8 Å². The summed E-state index contributed by atoms with van der Waals surface area (Å²) < 4.78 is 3.01. The van der Waals surface area contributed by atoms with E-state index in [1.165, 1.54) is 19.4 Å². The van der Waals surface area contributed by atoms with E-state index in [4.69, 9.17) is 12.2 Å². The van der Waals surface area contributed by atoms with Crippen molar-refractivity contribution in [1.82, 2.24) is 19.7 Å². The highest BCUT2D eigenvalue weighted by Crippen LogP contribution is 2.22. The SMILES string of the molecule is CCCc1n[nH]c(=S)n1C1CCCN(C)C1. The standard InChI is InChI=1S/C11H20N4S/c1-3-5-10-12-13-11(16)15(10)9-6-4-7-14(2)8-9/h9H,3-8H2,1-2H3,(H,13,16). The van der Waals surface area contributed by atoms with E-state index < -0.39 is 0 Å². The molecule has 2 heterocycles. The maximum Gasteiger partial charge on any atom is 0.195 e. The second-order valence-electron chi connectivity index (χ2n) is 4.62. The van der Waals surface area contributed by atoms with E-state index in [-0.39, 0.29) is 0 Å². The molecule has 1 aromatic heterocycles. The zero-order valence-corrected chi connectivity index (χ0v) is 10.9. The molecule has 2 rings (SSSR count). The van der Waals surface area contributed by atoms with Gasteiger partial charge in [-0.15, -0.1) is 0 Å². The van der Waals surface area contributed by atoms with E-state index in [1.54, 1.807) is 0 Å². The average Bonchev–Trinajstić information content (AvgIpc) is 2.60. The molecule has 1 unspecified atom stereocenters. The Morgan fingerprint density at radius 2 is 2.38 bits per heavy atom. The number of nitrogens with zero attached hydrogens (tertiary/aromatic N) is 3. The van der Waals surface area contributed by atoms with Crippen LogP contribution in [0.1, 0.15) is 38.1 Å². The van der Waals surface area contributed by atoms with E-state index in [9.17, 15) is 0 Å². The molecule has 0 aromatic carbocycles. The minimum Gasteiger partial charge on any atom is -0.304 e. The summed E-state index contributed by atoms with van der Waals surface area (Å²) >= 11 is 5.33. The monoisotopic (exact) mass is 240 g/mol. The molecule has 1 aliphatic rings. The third-order valence-corrected chi connectivity index (χ3v) is 3.50. The van der Waals surface area contributed by atoms with Crippen LogP contribution in [0.5, 0.6) is 0 Å². The largest absolute Gasteiger partial charge is 0.304 e. The highest BCUT2D eigenvalue weighted by Gasteiger charge is 2.21. The lowest BCUT2D eigenvalue weighted by molar-refractivity contribution is 0.208. The van der Waals surface area contributed by atoms with E-state index >= 15 is 0 Å². The molecular formula is C11H20N4S. The molecule has 4 nitrogen and oxygen atoms in total. The number of aromatic nitrogens is 3. The van der Waals surface area contributed by atoms with Crippen LogP contribution in [0, 0.1) is 4.77 Å². The molecule has 16 heavy (non-hydrogen) atoms. The van der Waals surface area contributed by atoms with Crippen molar-refractivity contribution in [3.8, 4) is 0 Å². The van der Waals surface area contributed by atoms with Gasteiger partial charge >= 0.3 is 0 Å². The fourth-order valence-electron chi connectivity index (χ4n) is 2.46. The molecule has 0 spiro atoms. The zero-order valence-electron chi connectivity index (χ0n) is 10.1. The van der Waals surface area contributed by atoms with Crippen molar-refractivity contribution in [3.05, 3.63) is 10.6 Å². The molecule has 5 heteroatoms. The van der Waals surface area contributed by atoms with Crippen LogP contribution in [0.3, 0.4) is 0 Å². The number of hydrogen-bond acceptors (Lipinski definition) is 3. The lowest BCUT2D eigenvalue weighted by atomic mass is 10.1. The number of aryl methyl sites for hydroxylation is 1. The Balaban J connectivity index is 2.24. The number of piperidine rings is 1. The minimum atomic E-state index is 0.506. The van der Waals surface area contributed by atoms with Crippen molar-refractivity contribution in [2.45, 2.75) is 38.6 Å². The normalized spacial score (nSPS) is 22.5. The van der Waals surface area contributed by atoms with Crippen molar-refractivity contribution in [1.29, 1.82) is 0 Å². The minimum absolute atomic E-state index is 0.506. The van der Waals surface area contributed by atoms with E-state index in [0.717, 1.165) is 30.0 Å². The number of rotatable bonds is 3. The smallest absolute Gasteiger partial charge is 0.195 e. The predicted molar refractivity (Wildman–Crippen MR) is 67.2 cm³/mol. The van der Waals surface area contributed by atoms with Crippen molar-refractivity contribution in [3.63, 3.8) is 0 Å². The van der Waals surface area contributed by atoms with Gasteiger partial charge in [-0.3, -0.25) is 9.67 Å². The van der Waals surface area contributed by atoms with Crippen LogP contribution in [0.4, 0.5) is 0 Å². The first kappa shape index (κ1) is 11.8. The van der Waals surface area contributed by atoms with Gasteiger partial charge in [0, 0.05) is 13.0 Å². The van der Waals surface area contributed by atoms with Gasteiger partial charge in [0.15, 0.2) is 4.77 Å². The summed E-state index contributed by atoms with van der Waals surface area (Å²) in [7, 11) is 2.18. The molecule has 90 valence electrons. The number of likely N-dealkylation sites (tertiary alicyclic amines) is 1. The number of hydrogen-bond donors (Lipinski definition) is 1. The first-order chi connectivity index (χ1) is 7.72. The highest BCUT2D eigenvalue weighted by molar-refractivity contribution is 7.71. The van der Waals surface area contributed by atoms with Crippen molar-refractivity contribution in [2.75, 3.05) is 20.1 Å². The summed E-state index contributed by atoms with van der Waals surface area (Å²) in [6.07, 6.45) is 4.59. The fraction of sp³-hybridized carbons (Fsp3) is 0.818. The summed E-state index contributed by atoms with van der Waals surface area (Å²) in [4.78, 5) is 2.37. The van der Waals surface area contributed by atoms with Crippen molar-refractivity contribution in [2.24, 2.45) is 0 Å². The van der Waals surface area contributed by atoms with Crippen LogP contribution in [0.15, 0.2) is 0 Å². The lowest BCUT2D eigenvalue weighted by Gasteiger charge is -2.31. The van der Waals surface area contributed by atoms with Crippen molar-refractivity contribution < 1.29 is 0 Å². The lowest BCUT2D eigenvalue weighted by Crippen LogP contribution is -2.34. The zero-order chi connectivity index (χ0) is 11.5. The molecule has 0 bridgehead atoms. The maximum atomic E-state index is 5.33. The van der Waals surface area contributed by atoms with Gasteiger partial charge in [0.2, 0.25) is 0 Å². The van der Waals surface area contributed by atoms with Gasteiger partial charge in [0.05, 0.1) is 6.04 Å². The molecule has 1 fully saturated rings. The van der Waals surface area contributed by atoms with E-state index in [2.05, 4.69) is 33.6 Å². The van der Waals surface area contributed by atoms with Crippen LogP contribution >= 0.6 is 12.2 Å². The second kappa shape index (κ2) is 5.10. The molecule has 0 saturated carbocycles. The van der Waals surface area contributed by atoms with E-state index in [1.807, 2.05) is 0 Å². The number of H-pyrrole nitrogens is 1.